The van der Waals surface area contributed by atoms with Crippen molar-refractivity contribution in [1.29, 1.82) is 0 Å². The number of halogens is 2. The molecule has 0 radical (unpaired) electrons. The van der Waals surface area contributed by atoms with E-state index in [1.807, 2.05) is 6.07 Å². The summed E-state index contributed by atoms with van der Waals surface area (Å²) in [4.78, 5) is 12.2. The number of piperidine rings is 1. The fourth-order valence-corrected chi connectivity index (χ4v) is 2.89. The summed E-state index contributed by atoms with van der Waals surface area (Å²) >= 11 is 0. The second-order valence-electron chi connectivity index (χ2n) is 6.67. The van der Waals surface area contributed by atoms with E-state index in [-0.39, 0.29) is 35.2 Å². The standard InChI is InChI=1S/C17H22FN5O.ClH/c1-17(5-7-19-8-6-17)12-20-16(24)15-11-23(22-21-15)10-13-3-2-4-14(18)9-13;/h2-4,9,11,19H,5-8,10,12H2,1H3,(H,20,24);1H. The van der Waals surface area contributed by atoms with Crippen LogP contribution in [-0.4, -0.2) is 40.5 Å². The van der Waals surface area contributed by atoms with Crippen molar-refractivity contribution in [2.75, 3.05) is 19.6 Å². The average Bonchev–Trinajstić information content (AvgIpc) is 3.02. The van der Waals surface area contributed by atoms with Gasteiger partial charge in [0.1, 0.15) is 5.82 Å². The van der Waals surface area contributed by atoms with Crippen molar-refractivity contribution in [2.24, 2.45) is 5.41 Å². The number of carbonyl (C=O) groups is 1. The Hall–Kier alpha value is -1.99. The van der Waals surface area contributed by atoms with E-state index in [2.05, 4.69) is 27.9 Å². The molecule has 6 nitrogen and oxygen atoms in total. The van der Waals surface area contributed by atoms with E-state index in [9.17, 15) is 9.18 Å². The third kappa shape index (κ3) is 5.24. The first-order chi connectivity index (χ1) is 11.5. The van der Waals surface area contributed by atoms with Crippen molar-refractivity contribution < 1.29 is 9.18 Å². The molecule has 0 atom stereocenters. The molecule has 0 saturated carbocycles. The van der Waals surface area contributed by atoms with Crippen molar-refractivity contribution in [3.63, 3.8) is 0 Å². The quantitative estimate of drug-likeness (QED) is 0.848. The molecule has 8 heteroatoms. The van der Waals surface area contributed by atoms with E-state index < -0.39 is 0 Å². The Morgan fingerprint density at radius 1 is 1.40 bits per heavy atom. The zero-order chi connectivity index (χ0) is 17.0. The number of rotatable bonds is 5. The van der Waals surface area contributed by atoms with Gasteiger partial charge in [-0.05, 0) is 49.0 Å². The van der Waals surface area contributed by atoms with Gasteiger partial charge < -0.3 is 10.6 Å². The summed E-state index contributed by atoms with van der Waals surface area (Å²) in [6.45, 7) is 5.16. The monoisotopic (exact) mass is 367 g/mol. The van der Waals surface area contributed by atoms with Gasteiger partial charge in [-0.15, -0.1) is 17.5 Å². The minimum Gasteiger partial charge on any atom is -0.350 e. The van der Waals surface area contributed by atoms with E-state index in [0.29, 0.717) is 13.1 Å². The minimum absolute atomic E-state index is 0. The molecule has 2 heterocycles. The Bertz CT molecular complexity index is 715. The van der Waals surface area contributed by atoms with Crippen LogP contribution in [-0.2, 0) is 6.54 Å². The molecule has 1 aliphatic heterocycles. The lowest BCUT2D eigenvalue weighted by Crippen LogP contribution is -2.43. The lowest BCUT2D eigenvalue weighted by molar-refractivity contribution is 0.0917. The van der Waals surface area contributed by atoms with Crippen LogP contribution in [0.4, 0.5) is 4.39 Å². The highest BCUT2D eigenvalue weighted by molar-refractivity contribution is 5.91. The molecule has 2 aromatic rings. The van der Waals surface area contributed by atoms with Gasteiger partial charge in [-0.1, -0.05) is 24.3 Å². The molecular weight excluding hydrogens is 345 g/mol. The zero-order valence-electron chi connectivity index (χ0n) is 14.2. The molecule has 0 aliphatic carbocycles. The summed E-state index contributed by atoms with van der Waals surface area (Å²) < 4.78 is 14.7. The van der Waals surface area contributed by atoms with Gasteiger partial charge in [-0.25, -0.2) is 9.07 Å². The largest absolute Gasteiger partial charge is 0.350 e. The number of carbonyl (C=O) groups excluding carboxylic acids is 1. The maximum absolute atomic E-state index is 13.2. The molecule has 25 heavy (non-hydrogen) atoms. The van der Waals surface area contributed by atoms with Crippen molar-refractivity contribution in [2.45, 2.75) is 26.3 Å². The lowest BCUT2D eigenvalue weighted by Gasteiger charge is -2.33. The first-order valence-electron chi connectivity index (χ1n) is 8.18. The molecule has 1 aromatic heterocycles. The molecule has 1 amide bonds. The van der Waals surface area contributed by atoms with Crippen LogP contribution < -0.4 is 10.6 Å². The summed E-state index contributed by atoms with van der Waals surface area (Å²) in [6.07, 6.45) is 3.67. The number of hydrogen-bond donors (Lipinski definition) is 2. The topological polar surface area (TPSA) is 71.8 Å². The minimum atomic E-state index is -0.291. The average molecular weight is 368 g/mol. The molecule has 0 bridgehead atoms. The van der Waals surface area contributed by atoms with Crippen molar-refractivity contribution in [3.8, 4) is 0 Å². The Morgan fingerprint density at radius 2 is 2.16 bits per heavy atom. The van der Waals surface area contributed by atoms with Crippen LogP contribution >= 0.6 is 12.4 Å². The van der Waals surface area contributed by atoms with Gasteiger partial charge in [-0.3, -0.25) is 4.79 Å². The Labute approximate surface area is 152 Å². The van der Waals surface area contributed by atoms with E-state index in [1.165, 1.54) is 16.8 Å². The summed E-state index contributed by atoms with van der Waals surface area (Å²) in [7, 11) is 0. The molecule has 2 N–H and O–H groups in total. The molecule has 1 aromatic carbocycles. The van der Waals surface area contributed by atoms with Crippen molar-refractivity contribution in [3.05, 3.63) is 47.5 Å². The van der Waals surface area contributed by atoms with Gasteiger partial charge in [0.25, 0.3) is 5.91 Å². The number of nitrogens with zero attached hydrogens (tertiary/aromatic N) is 3. The van der Waals surface area contributed by atoms with E-state index >= 15 is 0 Å². The summed E-state index contributed by atoms with van der Waals surface area (Å²) in [5.74, 6) is -0.513. The Kier molecular flexibility index (Phi) is 6.50. The van der Waals surface area contributed by atoms with Gasteiger partial charge >= 0.3 is 0 Å². The van der Waals surface area contributed by atoms with Gasteiger partial charge in [-0.2, -0.15) is 0 Å². The fourth-order valence-electron chi connectivity index (χ4n) is 2.89. The van der Waals surface area contributed by atoms with Gasteiger partial charge in [0.2, 0.25) is 0 Å². The van der Waals surface area contributed by atoms with Crippen LogP contribution in [0.25, 0.3) is 0 Å². The normalized spacial score (nSPS) is 16.1. The first kappa shape index (κ1) is 19.3. The number of amides is 1. The number of hydrogen-bond acceptors (Lipinski definition) is 4. The van der Waals surface area contributed by atoms with Crippen LogP contribution in [0.5, 0.6) is 0 Å². The van der Waals surface area contributed by atoms with E-state index in [4.69, 9.17) is 0 Å². The highest BCUT2D eigenvalue weighted by Crippen LogP contribution is 2.26. The smallest absolute Gasteiger partial charge is 0.273 e. The van der Waals surface area contributed by atoms with Crippen molar-refractivity contribution in [1.82, 2.24) is 25.6 Å². The number of benzene rings is 1. The molecular formula is C17H23ClFN5O. The summed E-state index contributed by atoms with van der Waals surface area (Å²) in [5.41, 5.74) is 1.18. The van der Waals surface area contributed by atoms with E-state index in [0.717, 1.165) is 31.5 Å². The third-order valence-corrected chi connectivity index (χ3v) is 4.49. The maximum atomic E-state index is 13.2. The number of aromatic nitrogens is 3. The van der Waals surface area contributed by atoms with Crippen LogP contribution in [0.3, 0.4) is 0 Å². The molecule has 136 valence electrons. The molecule has 1 aliphatic rings. The Morgan fingerprint density at radius 3 is 2.88 bits per heavy atom. The SMILES string of the molecule is CC1(CNC(=O)c2cn(Cc3cccc(F)c3)nn2)CCNCC1.Cl. The zero-order valence-corrected chi connectivity index (χ0v) is 15.0. The molecule has 0 spiro atoms. The molecule has 1 fully saturated rings. The second kappa shape index (κ2) is 8.40. The predicted molar refractivity (Wildman–Crippen MR) is 95.3 cm³/mol. The van der Waals surface area contributed by atoms with Crippen molar-refractivity contribution >= 4 is 18.3 Å². The first-order valence-corrected chi connectivity index (χ1v) is 8.18. The van der Waals surface area contributed by atoms with E-state index in [1.54, 1.807) is 12.3 Å². The summed E-state index contributed by atoms with van der Waals surface area (Å²) in [6, 6.07) is 6.29. The summed E-state index contributed by atoms with van der Waals surface area (Å²) in [5, 5.41) is 14.1. The highest BCUT2D eigenvalue weighted by atomic mass is 35.5. The second-order valence-corrected chi connectivity index (χ2v) is 6.67. The predicted octanol–water partition coefficient (Wildman–Crippen LogP) is 2.01. The Balaban J connectivity index is 0.00000225. The molecule has 3 rings (SSSR count). The fraction of sp³-hybridized carbons (Fsp3) is 0.471. The van der Waals surface area contributed by atoms with Gasteiger partial charge in [0, 0.05) is 6.54 Å². The lowest BCUT2D eigenvalue weighted by atomic mass is 9.81. The molecule has 0 unspecified atom stereocenters. The maximum Gasteiger partial charge on any atom is 0.273 e. The van der Waals surface area contributed by atoms with Crippen LogP contribution in [0.2, 0.25) is 0 Å². The van der Waals surface area contributed by atoms with Crippen LogP contribution in [0.1, 0.15) is 35.8 Å². The van der Waals surface area contributed by atoms with Crippen LogP contribution in [0.15, 0.2) is 30.5 Å². The number of nitrogens with one attached hydrogen (secondary N) is 2. The molecule has 1 saturated heterocycles. The van der Waals surface area contributed by atoms with Gasteiger partial charge in [0.15, 0.2) is 5.69 Å². The highest BCUT2D eigenvalue weighted by Gasteiger charge is 2.27. The third-order valence-electron chi connectivity index (χ3n) is 4.49. The van der Waals surface area contributed by atoms with Gasteiger partial charge in [0.05, 0.1) is 12.7 Å². The van der Waals surface area contributed by atoms with Crippen LogP contribution in [0, 0.1) is 11.2 Å².